The lowest BCUT2D eigenvalue weighted by Crippen LogP contribution is -2.30. The summed E-state index contributed by atoms with van der Waals surface area (Å²) in [5.41, 5.74) is 1.39. The first-order valence-electron chi connectivity index (χ1n) is 8.87. The topological polar surface area (TPSA) is 66.9 Å². The molecule has 0 aliphatic carbocycles. The Hall–Kier alpha value is -2.44. The Balaban J connectivity index is 1.62. The second-order valence-corrected chi connectivity index (χ2v) is 7.05. The predicted octanol–water partition coefficient (Wildman–Crippen LogP) is 4.41. The van der Waals surface area contributed by atoms with Crippen molar-refractivity contribution in [3.8, 4) is 0 Å². The minimum absolute atomic E-state index is 0.138. The van der Waals surface area contributed by atoms with Crippen LogP contribution in [0.25, 0.3) is 10.9 Å². The maximum absolute atomic E-state index is 12.9. The van der Waals surface area contributed by atoms with Crippen molar-refractivity contribution in [2.24, 2.45) is 0 Å². The lowest BCUT2D eigenvalue weighted by atomic mass is 10.1. The van der Waals surface area contributed by atoms with Gasteiger partial charge in [0, 0.05) is 29.9 Å². The zero-order chi connectivity index (χ0) is 20.1. The number of benzene rings is 2. The summed E-state index contributed by atoms with van der Waals surface area (Å²) < 4.78 is 12.9. The van der Waals surface area contributed by atoms with Gasteiger partial charge in [-0.1, -0.05) is 42.3 Å². The van der Waals surface area contributed by atoms with Crippen molar-refractivity contribution in [2.45, 2.75) is 19.8 Å². The molecule has 8 heteroatoms. The number of nitrogens with zero attached hydrogens (tertiary/aromatic N) is 2. The van der Waals surface area contributed by atoms with Crippen LogP contribution < -0.4 is 10.6 Å². The summed E-state index contributed by atoms with van der Waals surface area (Å²) in [5.74, 6) is 0.831. The SMILES string of the molecule is CCc1nc(NCCNC(=O)Cc2ccc(F)cc2)c2cc(Cl)cc(Cl)c2n1. The fraction of sp³-hybridized carbons (Fsp3) is 0.250. The van der Waals surface area contributed by atoms with Crippen LogP contribution in [0.15, 0.2) is 36.4 Å². The zero-order valence-corrected chi connectivity index (χ0v) is 16.7. The summed E-state index contributed by atoms with van der Waals surface area (Å²) in [4.78, 5) is 21.0. The highest BCUT2D eigenvalue weighted by Crippen LogP contribution is 2.30. The molecule has 0 aliphatic heterocycles. The van der Waals surface area contributed by atoms with Gasteiger partial charge >= 0.3 is 0 Å². The van der Waals surface area contributed by atoms with Crippen molar-refractivity contribution in [3.63, 3.8) is 0 Å². The average molecular weight is 421 g/mol. The van der Waals surface area contributed by atoms with Gasteiger partial charge in [-0.25, -0.2) is 14.4 Å². The van der Waals surface area contributed by atoms with E-state index in [1.54, 1.807) is 24.3 Å². The molecular weight excluding hydrogens is 402 g/mol. The number of rotatable bonds is 7. The summed E-state index contributed by atoms with van der Waals surface area (Å²) >= 11 is 12.4. The van der Waals surface area contributed by atoms with Crippen molar-refractivity contribution >= 4 is 45.8 Å². The Morgan fingerprint density at radius 2 is 1.86 bits per heavy atom. The third-order valence-corrected chi connectivity index (χ3v) is 4.61. The van der Waals surface area contributed by atoms with E-state index in [-0.39, 0.29) is 18.1 Å². The molecule has 1 aromatic heterocycles. The molecule has 1 heterocycles. The van der Waals surface area contributed by atoms with Crippen molar-refractivity contribution < 1.29 is 9.18 Å². The van der Waals surface area contributed by atoms with Gasteiger partial charge in [0.25, 0.3) is 0 Å². The number of aryl methyl sites for hydroxylation is 1. The van der Waals surface area contributed by atoms with E-state index in [1.807, 2.05) is 6.92 Å². The molecule has 0 fully saturated rings. The molecule has 0 atom stereocenters. The minimum atomic E-state index is -0.322. The minimum Gasteiger partial charge on any atom is -0.368 e. The van der Waals surface area contributed by atoms with Crippen molar-refractivity contribution in [3.05, 3.63) is 63.6 Å². The van der Waals surface area contributed by atoms with Gasteiger partial charge in [0.05, 0.1) is 17.0 Å². The lowest BCUT2D eigenvalue weighted by Gasteiger charge is -2.12. The van der Waals surface area contributed by atoms with Crippen LogP contribution in [0.4, 0.5) is 10.2 Å². The second kappa shape index (κ2) is 9.17. The summed E-state index contributed by atoms with van der Waals surface area (Å²) in [6.45, 7) is 2.83. The monoisotopic (exact) mass is 420 g/mol. The largest absolute Gasteiger partial charge is 0.368 e. The molecule has 1 amide bonds. The number of nitrogens with one attached hydrogen (secondary N) is 2. The first-order chi connectivity index (χ1) is 13.5. The highest BCUT2D eigenvalue weighted by atomic mass is 35.5. The number of hydrogen-bond acceptors (Lipinski definition) is 4. The fourth-order valence-electron chi connectivity index (χ4n) is 2.73. The normalized spacial score (nSPS) is 10.9. The number of fused-ring (bicyclic) bond motifs is 1. The molecule has 0 radical (unpaired) electrons. The van der Waals surface area contributed by atoms with E-state index in [9.17, 15) is 9.18 Å². The van der Waals surface area contributed by atoms with Crippen LogP contribution in [-0.4, -0.2) is 29.0 Å². The number of hydrogen-bond donors (Lipinski definition) is 2. The molecule has 146 valence electrons. The molecule has 5 nitrogen and oxygen atoms in total. The molecule has 0 saturated carbocycles. The smallest absolute Gasteiger partial charge is 0.224 e. The Labute approximate surface area is 172 Å². The number of aromatic nitrogens is 2. The quantitative estimate of drug-likeness (QED) is 0.555. The maximum atomic E-state index is 12.9. The van der Waals surface area contributed by atoms with Gasteiger partial charge in [0.2, 0.25) is 5.91 Å². The Bertz CT molecular complexity index is 996. The third-order valence-electron chi connectivity index (χ3n) is 4.10. The Morgan fingerprint density at radius 3 is 2.57 bits per heavy atom. The molecule has 0 saturated heterocycles. The van der Waals surface area contributed by atoms with E-state index in [0.29, 0.717) is 46.7 Å². The molecule has 2 aromatic carbocycles. The van der Waals surface area contributed by atoms with Crippen molar-refractivity contribution in [1.82, 2.24) is 15.3 Å². The van der Waals surface area contributed by atoms with E-state index in [0.717, 1.165) is 10.9 Å². The standard InChI is InChI=1S/C20H19Cl2FN4O/c1-2-17-26-19-15(10-13(21)11-16(19)22)20(27-17)25-8-7-24-18(28)9-12-3-5-14(23)6-4-12/h3-6,10-11H,2,7-9H2,1H3,(H,24,28)(H,25,26,27). The van der Waals surface area contributed by atoms with Gasteiger partial charge in [-0.05, 0) is 29.8 Å². The molecular formula is C20H19Cl2FN4O. The van der Waals surface area contributed by atoms with Gasteiger partial charge in [-0.3, -0.25) is 4.79 Å². The van der Waals surface area contributed by atoms with Crippen LogP contribution in [0.1, 0.15) is 18.3 Å². The highest BCUT2D eigenvalue weighted by molar-refractivity contribution is 6.38. The fourth-order valence-corrected chi connectivity index (χ4v) is 3.26. The van der Waals surface area contributed by atoms with E-state index >= 15 is 0 Å². The highest BCUT2D eigenvalue weighted by Gasteiger charge is 2.11. The van der Waals surface area contributed by atoms with Crippen molar-refractivity contribution in [2.75, 3.05) is 18.4 Å². The van der Waals surface area contributed by atoms with Gasteiger partial charge < -0.3 is 10.6 Å². The van der Waals surface area contributed by atoms with Crippen LogP contribution in [0.3, 0.4) is 0 Å². The summed E-state index contributed by atoms with van der Waals surface area (Å²) in [5, 5.41) is 7.73. The van der Waals surface area contributed by atoms with E-state index in [4.69, 9.17) is 23.2 Å². The van der Waals surface area contributed by atoms with Crippen LogP contribution in [0, 0.1) is 5.82 Å². The molecule has 0 bridgehead atoms. The molecule has 0 spiro atoms. The third kappa shape index (κ3) is 5.09. The zero-order valence-electron chi connectivity index (χ0n) is 15.2. The van der Waals surface area contributed by atoms with Gasteiger partial charge in [-0.2, -0.15) is 0 Å². The first kappa shape index (κ1) is 20.3. The van der Waals surface area contributed by atoms with Gasteiger partial charge in [0.15, 0.2) is 0 Å². The molecule has 2 N–H and O–H groups in total. The summed E-state index contributed by atoms with van der Waals surface area (Å²) in [6, 6.07) is 9.28. The lowest BCUT2D eigenvalue weighted by molar-refractivity contribution is -0.120. The Kier molecular flexibility index (Phi) is 6.65. The van der Waals surface area contributed by atoms with Crippen molar-refractivity contribution in [1.29, 1.82) is 0 Å². The molecule has 28 heavy (non-hydrogen) atoms. The molecule has 3 aromatic rings. The summed E-state index contributed by atoms with van der Waals surface area (Å²) in [7, 11) is 0. The Morgan fingerprint density at radius 1 is 1.11 bits per heavy atom. The van der Waals surface area contributed by atoms with Crippen LogP contribution in [0.2, 0.25) is 10.0 Å². The van der Waals surface area contributed by atoms with Crippen LogP contribution >= 0.6 is 23.2 Å². The van der Waals surface area contributed by atoms with E-state index < -0.39 is 0 Å². The second-order valence-electron chi connectivity index (χ2n) is 6.21. The molecule has 0 aliphatic rings. The summed E-state index contributed by atoms with van der Waals surface area (Å²) in [6.07, 6.45) is 0.861. The maximum Gasteiger partial charge on any atom is 0.224 e. The van der Waals surface area contributed by atoms with E-state index in [2.05, 4.69) is 20.6 Å². The number of amides is 1. The molecule has 3 rings (SSSR count). The predicted molar refractivity (Wildman–Crippen MR) is 111 cm³/mol. The molecule has 0 unspecified atom stereocenters. The first-order valence-corrected chi connectivity index (χ1v) is 9.62. The van der Waals surface area contributed by atoms with Gasteiger partial charge in [-0.15, -0.1) is 0 Å². The number of anilines is 1. The number of halogens is 3. The van der Waals surface area contributed by atoms with Crippen LogP contribution in [0.5, 0.6) is 0 Å². The van der Waals surface area contributed by atoms with Gasteiger partial charge in [0.1, 0.15) is 17.5 Å². The number of carbonyl (C=O) groups is 1. The average Bonchev–Trinajstić information content (AvgIpc) is 2.67. The van der Waals surface area contributed by atoms with Crippen LogP contribution in [-0.2, 0) is 17.6 Å². The van der Waals surface area contributed by atoms with E-state index in [1.165, 1.54) is 12.1 Å². The number of carbonyl (C=O) groups excluding carboxylic acids is 1.